The van der Waals surface area contributed by atoms with Gasteiger partial charge in [0.2, 0.25) is 5.91 Å². The van der Waals surface area contributed by atoms with Gasteiger partial charge in [-0.2, -0.15) is 0 Å². The van der Waals surface area contributed by atoms with Crippen LogP contribution in [0.4, 0.5) is 4.39 Å². The van der Waals surface area contributed by atoms with E-state index < -0.39 is 11.4 Å². The summed E-state index contributed by atoms with van der Waals surface area (Å²) in [4.78, 5) is 25.7. The van der Waals surface area contributed by atoms with E-state index in [1.54, 1.807) is 42.3 Å². The minimum absolute atomic E-state index is 0.0651. The van der Waals surface area contributed by atoms with E-state index >= 15 is 0 Å². The zero-order chi connectivity index (χ0) is 18.7. The molecule has 4 nitrogen and oxygen atoms in total. The number of carboxylic acid groups (broad SMARTS) is 1. The maximum absolute atomic E-state index is 13.5. The Balaban J connectivity index is 1.70. The van der Waals surface area contributed by atoms with Crippen LogP contribution in [0.5, 0.6) is 0 Å². The second-order valence-electron chi connectivity index (χ2n) is 7.10. The molecule has 1 amide bonds. The second-order valence-corrected chi connectivity index (χ2v) is 7.10. The van der Waals surface area contributed by atoms with Crippen LogP contribution in [0, 0.1) is 11.2 Å². The highest BCUT2D eigenvalue weighted by Gasteiger charge is 2.45. The number of rotatable bonds is 6. The third-order valence-electron chi connectivity index (χ3n) is 5.16. The minimum Gasteiger partial charge on any atom is -0.478 e. The molecule has 0 bridgehead atoms. The van der Waals surface area contributed by atoms with Gasteiger partial charge in [0.05, 0.1) is 11.0 Å². The molecule has 26 heavy (non-hydrogen) atoms. The Hall–Kier alpha value is -2.69. The van der Waals surface area contributed by atoms with E-state index in [4.69, 9.17) is 5.11 Å². The van der Waals surface area contributed by atoms with Gasteiger partial charge in [-0.05, 0) is 54.7 Å². The van der Waals surface area contributed by atoms with Gasteiger partial charge >= 0.3 is 5.97 Å². The summed E-state index contributed by atoms with van der Waals surface area (Å²) in [5.41, 5.74) is 1.50. The third kappa shape index (κ3) is 3.77. The van der Waals surface area contributed by atoms with E-state index in [1.807, 2.05) is 6.07 Å². The van der Waals surface area contributed by atoms with Gasteiger partial charge < -0.3 is 10.0 Å². The Labute approximate surface area is 152 Å². The summed E-state index contributed by atoms with van der Waals surface area (Å²) < 4.78 is 13.5. The highest BCUT2D eigenvalue weighted by atomic mass is 19.1. The van der Waals surface area contributed by atoms with Crippen molar-refractivity contribution in [3.05, 3.63) is 71.0 Å². The molecule has 0 unspecified atom stereocenters. The summed E-state index contributed by atoms with van der Waals surface area (Å²) in [7, 11) is 1.76. The van der Waals surface area contributed by atoms with Crippen LogP contribution in [0.15, 0.2) is 48.5 Å². The number of carboxylic acids is 1. The first-order valence-corrected chi connectivity index (χ1v) is 8.72. The van der Waals surface area contributed by atoms with E-state index in [2.05, 4.69) is 0 Å². The van der Waals surface area contributed by atoms with E-state index in [1.165, 1.54) is 12.1 Å². The Morgan fingerprint density at radius 1 is 1.12 bits per heavy atom. The SMILES string of the molecule is CN(Cc1ccc(C(=O)O)cc1)C(=O)C1(Cc2cccc(F)c2)CCC1. The van der Waals surface area contributed by atoms with Gasteiger partial charge in [-0.3, -0.25) is 4.79 Å². The molecule has 2 aromatic rings. The topological polar surface area (TPSA) is 57.6 Å². The molecule has 0 spiro atoms. The summed E-state index contributed by atoms with van der Waals surface area (Å²) in [6, 6.07) is 13.0. The van der Waals surface area contributed by atoms with Crippen molar-refractivity contribution < 1.29 is 19.1 Å². The van der Waals surface area contributed by atoms with Crippen LogP contribution in [-0.2, 0) is 17.8 Å². The largest absolute Gasteiger partial charge is 0.478 e. The van der Waals surface area contributed by atoms with Crippen molar-refractivity contribution in [3.8, 4) is 0 Å². The van der Waals surface area contributed by atoms with Gasteiger partial charge in [-0.1, -0.05) is 30.7 Å². The number of benzene rings is 2. The zero-order valence-corrected chi connectivity index (χ0v) is 14.7. The van der Waals surface area contributed by atoms with Gasteiger partial charge in [0, 0.05) is 13.6 Å². The first kappa shape index (κ1) is 18.1. The lowest BCUT2D eigenvalue weighted by molar-refractivity contribution is -0.146. The summed E-state index contributed by atoms with van der Waals surface area (Å²) in [6.45, 7) is 0.420. The smallest absolute Gasteiger partial charge is 0.335 e. The molecule has 1 aliphatic rings. The average molecular weight is 355 g/mol. The van der Waals surface area contributed by atoms with Gasteiger partial charge in [0.25, 0.3) is 0 Å². The van der Waals surface area contributed by atoms with E-state index in [-0.39, 0.29) is 17.3 Å². The Morgan fingerprint density at radius 3 is 2.35 bits per heavy atom. The fraction of sp³-hybridized carbons (Fsp3) is 0.333. The van der Waals surface area contributed by atoms with Crippen LogP contribution in [0.2, 0.25) is 0 Å². The molecule has 0 radical (unpaired) electrons. The molecule has 1 N–H and O–H groups in total. The van der Waals surface area contributed by atoms with Crippen molar-refractivity contribution in [2.75, 3.05) is 7.05 Å². The monoisotopic (exact) mass is 355 g/mol. The Bertz CT molecular complexity index is 812. The zero-order valence-electron chi connectivity index (χ0n) is 14.7. The van der Waals surface area contributed by atoms with Gasteiger partial charge in [-0.15, -0.1) is 0 Å². The first-order chi connectivity index (χ1) is 12.4. The van der Waals surface area contributed by atoms with Crippen molar-refractivity contribution >= 4 is 11.9 Å². The number of carbonyl (C=O) groups is 2. The number of nitrogens with zero attached hydrogens (tertiary/aromatic N) is 1. The highest BCUT2D eigenvalue weighted by molar-refractivity contribution is 5.87. The number of amides is 1. The van der Waals surface area contributed by atoms with Gasteiger partial charge in [0.15, 0.2) is 0 Å². The molecular formula is C21H22FNO3. The fourth-order valence-corrected chi connectivity index (χ4v) is 3.61. The number of hydrogen-bond donors (Lipinski definition) is 1. The summed E-state index contributed by atoms with van der Waals surface area (Å²) >= 11 is 0. The molecule has 5 heteroatoms. The van der Waals surface area contributed by atoms with Crippen molar-refractivity contribution in [3.63, 3.8) is 0 Å². The van der Waals surface area contributed by atoms with Crippen molar-refractivity contribution in [2.24, 2.45) is 5.41 Å². The lowest BCUT2D eigenvalue weighted by atomic mass is 9.64. The average Bonchev–Trinajstić information content (AvgIpc) is 2.58. The van der Waals surface area contributed by atoms with Crippen LogP contribution < -0.4 is 0 Å². The maximum Gasteiger partial charge on any atom is 0.335 e. The normalized spacial score (nSPS) is 15.2. The second kappa shape index (κ2) is 7.28. The van der Waals surface area contributed by atoms with Crippen molar-refractivity contribution in [1.82, 2.24) is 4.90 Å². The molecule has 0 heterocycles. The molecule has 0 aliphatic heterocycles. The molecule has 0 saturated heterocycles. The molecule has 1 fully saturated rings. The lowest BCUT2D eigenvalue weighted by Gasteiger charge is -2.43. The first-order valence-electron chi connectivity index (χ1n) is 8.72. The molecule has 0 aromatic heterocycles. The molecule has 1 saturated carbocycles. The fourth-order valence-electron chi connectivity index (χ4n) is 3.61. The van der Waals surface area contributed by atoms with Crippen molar-refractivity contribution in [1.29, 1.82) is 0 Å². The number of carbonyl (C=O) groups excluding carboxylic acids is 1. The molecule has 1 aliphatic carbocycles. The Kier molecular flexibility index (Phi) is 5.07. The molecule has 0 atom stereocenters. The van der Waals surface area contributed by atoms with Crippen LogP contribution >= 0.6 is 0 Å². The molecule has 2 aromatic carbocycles. The van der Waals surface area contributed by atoms with Gasteiger partial charge in [-0.25, -0.2) is 9.18 Å². The van der Waals surface area contributed by atoms with Crippen LogP contribution in [0.25, 0.3) is 0 Å². The molecule has 136 valence electrons. The quantitative estimate of drug-likeness (QED) is 0.855. The van der Waals surface area contributed by atoms with Crippen LogP contribution in [-0.4, -0.2) is 28.9 Å². The van der Waals surface area contributed by atoms with E-state index in [0.29, 0.717) is 13.0 Å². The highest BCUT2D eigenvalue weighted by Crippen LogP contribution is 2.45. The predicted octanol–water partition coefficient (Wildman–Crippen LogP) is 3.90. The van der Waals surface area contributed by atoms with Crippen LogP contribution in [0.1, 0.15) is 40.7 Å². The number of aromatic carboxylic acids is 1. The standard InChI is InChI=1S/C21H22FNO3/c1-23(14-15-6-8-17(9-7-15)19(24)25)20(26)21(10-3-11-21)13-16-4-2-5-18(22)12-16/h2,4-9,12H,3,10-11,13-14H2,1H3,(H,24,25). The molecular weight excluding hydrogens is 333 g/mol. The van der Waals surface area contributed by atoms with Gasteiger partial charge in [0.1, 0.15) is 5.82 Å². The summed E-state index contributed by atoms with van der Waals surface area (Å²) in [5, 5.41) is 8.96. The minimum atomic E-state index is -0.968. The predicted molar refractivity (Wildman–Crippen MR) is 96.3 cm³/mol. The summed E-state index contributed by atoms with van der Waals surface area (Å²) in [6.07, 6.45) is 3.17. The number of halogens is 1. The maximum atomic E-state index is 13.5. The summed E-state index contributed by atoms with van der Waals surface area (Å²) in [5.74, 6) is -1.18. The molecule has 3 rings (SSSR count). The Morgan fingerprint density at radius 2 is 1.81 bits per heavy atom. The van der Waals surface area contributed by atoms with Crippen LogP contribution in [0.3, 0.4) is 0 Å². The van der Waals surface area contributed by atoms with Crippen molar-refractivity contribution in [2.45, 2.75) is 32.2 Å². The van der Waals surface area contributed by atoms with E-state index in [0.717, 1.165) is 30.4 Å². The lowest BCUT2D eigenvalue weighted by Crippen LogP contribution is -2.47. The van der Waals surface area contributed by atoms with E-state index in [9.17, 15) is 14.0 Å². The number of hydrogen-bond acceptors (Lipinski definition) is 2. The third-order valence-corrected chi connectivity index (χ3v) is 5.16.